The van der Waals surface area contributed by atoms with Crippen LogP contribution in [0.2, 0.25) is 0 Å². The maximum Gasteiger partial charge on any atom is 0.372 e. The van der Waals surface area contributed by atoms with E-state index in [1.54, 1.807) is 18.2 Å². The van der Waals surface area contributed by atoms with Crippen molar-refractivity contribution >= 4 is 34.2 Å². The van der Waals surface area contributed by atoms with Gasteiger partial charge < -0.3 is 14.8 Å². The third kappa shape index (κ3) is 2.63. The summed E-state index contributed by atoms with van der Waals surface area (Å²) in [7, 11) is 0. The van der Waals surface area contributed by atoms with Gasteiger partial charge in [-0.3, -0.25) is 0 Å². The van der Waals surface area contributed by atoms with E-state index in [2.05, 4.69) is 5.32 Å². The molecule has 0 saturated heterocycles. The maximum atomic E-state index is 13.3. The molecule has 2 N–H and O–H groups in total. The summed E-state index contributed by atoms with van der Waals surface area (Å²) in [5, 5.41) is 11.8. The van der Waals surface area contributed by atoms with Gasteiger partial charge in [-0.25, -0.2) is 9.18 Å². The van der Waals surface area contributed by atoms with Gasteiger partial charge >= 0.3 is 5.97 Å². The number of benzene rings is 1. The predicted octanol–water partition coefficient (Wildman–Crippen LogP) is 3.33. The van der Waals surface area contributed by atoms with Crippen LogP contribution in [0, 0.1) is 9.39 Å². The van der Waals surface area contributed by atoms with Gasteiger partial charge in [0.25, 0.3) is 0 Å². The van der Waals surface area contributed by atoms with Crippen LogP contribution in [0.3, 0.4) is 0 Å². The van der Waals surface area contributed by atoms with E-state index in [0.29, 0.717) is 14.8 Å². The van der Waals surface area contributed by atoms with Crippen LogP contribution < -0.4 is 5.32 Å². The molecule has 0 radical (unpaired) electrons. The number of halogens is 2. The zero-order valence-electron chi connectivity index (χ0n) is 9.11. The van der Waals surface area contributed by atoms with E-state index < -0.39 is 5.97 Å². The van der Waals surface area contributed by atoms with Crippen molar-refractivity contribution in [3.63, 3.8) is 0 Å². The molecule has 6 heteroatoms. The zero-order chi connectivity index (χ0) is 13.1. The van der Waals surface area contributed by atoms with Gasteiger partial charge in [0.15, 0.2) is 0 Å². The molecular weight excluding hydrogens is 352 g/mol. The Labute approximate surface area is 116 Å². The highest BCUT2D eigenvalue weighted by Crippen LogP contribution is 2.22. The van der Waals surface area contributed by atoms with E-state index in [4.69, 9.17) is 9.52 Å². The normalized spacial score (nSPS) is 10.3. The molecule has 0 aliphatic carbocycles. The Morgan fingerprint density at radius 1 is 1.44 bits per heavy atom. The molecular formula is C12H9FINO3. The number of aromatic carboxylic acids is 1. The van der Waals surface area contributed by atoms with Gasteiger partial charge in [-0.1, -0.05) is 6.07 Å². The van der Waals surface area contributed by atoms with Crippen molar-refractivity contribution in [1.29, 1.82) is 0 Å². The second kappa shape index (κ2) is 5.38. The van der Waals surface area contributed by atoms with Gasteiger partial charge in [0, 0.05) is 12.1 Å². The Morgan fingerprint density at radius 3 is 2.94 bits per heavy atom. The molecule has 1 aromatic heterocycles. The largest absolute Gasteiger partial charge is 0.475 e. The van der Waals surface area contributed by atoms with Crippen molar-refractivity contribution in [1.82, 2.24) is 0 Å². The van der Waals surface area contributed by atoms with Crippen LogP contribution in [0.25, 0.3) is 0 Å². The molecule has 0 saturated carbocycles. The molecule has 0 atom stereocenters. The summed E-state index contributed by atoms with van der Waals surface area (Å²) < 4.78 is 18.6. The number of nitrogens with one attached hydrogen (secondary N) is 1. The van der Waals surface area contributed by atoms with Crippen molar-refractivity contribution < 1.29 is 18.7 Å². The molecule has 0 aliphatic rings. The lowest BCUT2D eigenvalue weighted by Crippen LogP contribution is -2.06. The van der Waals surface area contributed by atoms with Crippen LogP contribution in [-0.4, -0.2) is 11.1 Å². The lowest BCUT2D eigenvalue weighted by Gasteiger charge is -2.08. The smallest absolute Gasteiger partial charge is 0.372 e. The monoisotopic (exact) mass is 361 g/mol. The van der Waals surface area contributed by atoms with Gasteiger partial charge in [0.2, 0.25) is 5.76 Å². The fourth-order valence-electron chi connectivity index (χ4n) is 1.49. The van der Waals surface area contributed by atoms with Crippen molar-refractivity contribution in [3.05, 3.63) is 51.2 Å². The van der Waals surface area contributed by atoms with Gasteiger partial charge in [-0.05, 0) is 40.8 Å². The molecule has 1 heterocycles. The number of hydrogen-bond acceptors (Lipinski definition) is 3. The highest BCUT2D eigenvalue weighted by molar-refractivity contribution is 14.1. The molecule has 0 amide bonds. The summed E-state index contributed by atoms with van der Waals surface area (Å²) in [6, 6.07) is 6.26. The minimum Gasteiger partial charge on any atom is -0.475 e. The third-order valence-electron chi connectivity index (χ3n) is 2.36. The summed E-state index contributed by atoms with van der Waals surface area (Å²) in [5.41, 5.74) is 1.13. The first kappa shape index (κ1) is 12.9. The Kier molecular flexibility index (Phi) is 3.85. The number of anilines is 1. The molecule has 0 unspecified atom stereocenters. The second-order valence-corrected chi connectivity index (χ2v) is 4.61. The second-order valence-electron chi connectivity index (χ2n) is 3.54. The molecule has 18 heavy (non-hydrogen) atoms. The minimum atomic E-state index is -1.12. The standard InChI is InChI=1S/C12H9FINO3/c13-8-2-1-3-9(10(8)14)15-6-7-4-5-18-11(7)12(16)17/h1-5,15H,6H2,(H,16,17). The summed E-state index contributed by atoms with van der Waals surface area (Å²) >= 11 is 1.89. The first-order valence-electron chi connectivity index (χ1n) is 5.07. The lowest BCUT2D eigenvalue weighted by molar-refractivity contribution is 0.0661. The molecule has 2 rings (SSSR count). The predicted molar refractivity (Wildman–Crippen MR) is 72.1 cm³/mol. The molecule has 1 aromatic carbocycles. The van der Waals surface area contributed by atoms with Crippen molar-refractivity contribution in [3.8, 4) is 0 Å². The average Bonchev–Trinajstić information content (AvgIpc) is 2.79. The average molecular weight is 361 g/mol. The first-order chi connectivity index (χ1) is 8.59. The fourth-order valence-corrected chi connectivity index (χ4v) is 2.04. The Balaban J connectivity index is 2.14. The van der Waals surface area contributed by atoms with Gasteiger partial charge in [0.05, 0.1) is 15.5 Å². The molecule has 0 aliphatic heterocycles. The number of hydrogen-bond donors (Lipinski definition) is 2. The molecule has 0 bridgehead atoms. The Bertz CT molecular complexity index is 582. The van der Waals surface area contributed by atoms with Gasteiger partial charge in [0.1, 0.15) is 5.82 Å². The van der Waals surface area contributed by atoms with Crippen LogP contribution in [-0.2, 0) is 6.54 Å². The van der Waals surface area contributed by atoms with E-state index in [-0.39, 0.29) is 18.1 Å². The van der Waals surface area contributed by atoms with Gasteiger partial charge in [-0.15, -0.1) is 0 Å². The van der Waals surface area contributed by atoms with E-state index >= 15 is 0 Å². The van der Waals surface area contributed by atoms with Crippen molar-refractivity contribution in [2.75, 3.05) is 5.32 Å². The SMILES string of the molecule is O=C(O)c1occc1CNc1cccc(F)c1I. The highest BCUT2D eigenvalue weighted by Gasteiger charge is 2.14. The number of carbonyl (C=O) groups is 1. The van der Waals surface area contributed by atoms with E-state index in [9.17, 15) is 9.18 Å². The first-order valence-corrected chi connectivity index (χ1v) is 6.15. The van der Waals surface area contributed by atoms with Crippen LogP contribution in [0.5, 0.6) is 0 Å². The van der Waals surface area contributed by atoms with E-state index in [1.165, 1.54) is 12.3 Å². The van der Waals surface area contributed by atoms with Crippen molar-refractivity contribution in [2.24, 2.45) is 0 Å². The van der Waals surface area contributed by atoms with Crippen LogP contribution in [0.4, 0.5) is 10.1 Å². The number of carboxylic acid groups (broad SMARTS) is 1. The molecule has 4 nitrogen and oxygen atoms in total. The third-order valence-corrected chi connectivity index (χ3v) is 3.46. The van der Waals surface area contributed by atoms with Crippen LogP contribution in [0.1, 0.15) is 16.1 Å². The molecule has 0 spiro atoms. The number of rotatable bonds is 4. The van der Waals surface area contributed by atoms with Crippen LogP contribution >= 0.6 is 22.6 Å². The number of furan rings is 1. The summed E-state index contributed by atoms with van der Waals surface area (Å²) in [5.74, 6) is -1.54. The topological polar surface area (TPSA) is 62.5 Å². The summed E-state index contributed by atoms with van der Waals surface area (Å²) in [6.07, 6.45) is 1.32. The van der Waals surface area contributed by atoms with E-state index in [1.807, 2.05) is 22.6 Å². The Morgan fingerprint density at radius 2 is 2.22 bits per heavy atom. The molecule has 0 fully saturated rings. The fraction of sp³-hybridized carbons (Fsp3) is 0.0833. The minimum absolute atomic E-state index is 0.103. The zero-order valence-corrected chi connectivity index (χ0v) is 11.3. The summed E-state index contributed by atoms with van der Waals surface area (Å²) in [6.45, 7) is 0.261. The highest BCUT2D eigenvalue weighted by atomic mass is 127. The number of carboxylic acids is 1. The van der Waals surface area contributed by atoms with Gasteiger partial charge in [-0.2, -0.15) is 0 Å². The van der Waals surface area contributed by atoms with Crippen LogP contribution in [0.15, 0.2) is 34.9 Å². The quantitative estimate of drug-likeness (QED) is 0.821. The van der Waals surface area contributed by atoms with E-state index in [0.717, 1.165) is 0 Å². The summed E-state index contributed by atoms with van der Waals surface area (Å²) in [4.78, 5) is 10.8. The maximum absolute atomic E-state index is 13.3. The Hall–Kier alpha value is -1.57. The molecule has 2 aromatic rings. The lowest BCUT2D eigenvalue weighted by atomic mass is 10.2. The van der Waals surface area contributed by atoms with Crippen molar-refractivity contribution in [2.45, 2.75) is 6.54 Å². The molecule has 94 valence electrons.